The van der Waals surface area contributed by atoms with Crippen molar-refractivity contribution in [1.29, 1.82) is 0 Å². The summed E-state index contributed by atoms with van der Waals surface area (Å²) < 4.78 is 5.86. The largest absolute Gasteiger partial charge is 0.489 e. The maximum atomic E-state index is 12.2. The molecule has 30 heavy (non-hydrogen) atoms. The molecule has 0 unspecified atom stereocenters. The number of fused-ring (bicyclic) bond motifs is 1. The molecule has 2 N–H and O–H groups in total. The minimum atomic E-state index is -0.545. The Morgan fingerprint density at radius 3 is 2.37 bits per heavy atom. The van der Waals surface area contributed by atoms with E-state index in [0.29, 0.717) is 12.2 Å². The van der Waals surface area contributed by atoms with Crippen molar-refractivity contribution in [2.45, 2.75) is 6.61 Å². The number of hydrogen-bond acceptors (Lipinski definition) is 5. The summed E-state index contributed by atoms with van der Waals surface area (Å²) >= 11 is 0. The fourth-order valence-electron chi connectivity index (χ4n) is 2.84. The van der Waals surface area contributed by atoms with E-state index in [0.717, 1.165) is 22.1 Å². The molecule has 0 aliphatic carbocycles. The van der Waals surface area contributed by atoms with Gasteiger partial charge in [0.25, 0.3) is 11.8 Å². The molecule has 7 heteroatoms. The number of aromatic nitrogens is 2. The molecule has 0 bridgehead atoms. The number of carbonyl (C=O) groups is 2. The van der Waals surface area contributed by atoms with Crippen LogP contribution < -0.4 is 15.6 Å². The minimum Gasteiger partial charge on any atom is -0.489 e. The summed E-state index contributed by atoms with van der Waals surface area (Å²) in [7, 11) is 0. The molecule has 0 atom stereocenters. The van der Waals surface area contributed by atoms with E-state index < -0.39 is 11.8 Å². The van der Waals surface area contributed by atoms with Crippen molar-refractivity contribution >= 4 is 22.6 Å². The summed E-state index contributed by atoms with van der Waals surface area (Å²) in [5, 5.41) is 2.28. The molecule has 3 aromatic carbocycles. The lowest BCUT2D eigenvalue weighted by molar-refractivity contribution is 0.0843. The lowest BCUT2D eigenvalue weighted by Gasteiger charge is -2.09. The molecule has 7 nitrogen and oxygen atoms in total. The van der Waals surface area contributed by atoms with Crippen molar-refractivity contribution in [1.82, 2.24) is 20.8 Å². The van der Waals surface area contributed by atoms with Gasteiger partial charge in [0.05, 0.1) is 6.20 Å². The van der Waals surface area contributed by atoms with Crippen molar-refractivity contribution < 1.29 is 14.3 Å². The summed E-state index contributed by atoms with van der Waals surface area (Å²) in [6, 6.07) is 21.0. The van der Waals surface area contributed by atoms with Crippen molar-refractivity contribution in [3.63, 3.8) is 0 Å². The molecule has 0 spiro atoms. The van der Waals surface area contributed by atoms with E-state index in [9.17, 15) is 9.59 Å². The molecule has 0 saturated carbocycles. The third-order valence-electron chi connectivity index (χ3n) is 4.43. The van der Waals surface area contributed by atoms with Crippen LogP contribution in [-0.4, -0.2) is 21.8 Å². The van der Waals surface area contributed by atoms with Crippen LogP contribution in [0.15, 0.2) is 85.3 Å². The predicted molar refractivity (Wildman–Crippen MR) is 112 cm³/mol. The van der Waals surface area contributed by atoms with Gasteiger partial charge < -0.3 is 4.74 Å². The van der Waals surface area contributed by atoms with Gasteiger partial charge in [0.15, 0.2) is 0 Å². The van der Waals surface area contributed by atoms with E-state index in [4.69, 9.17) is 4.74 Å². The maximum Gasteiger partial charge on any atom is 0.289 e. The Morgan fingerprint density at radius 1 is 0.833 bits per heavy atom. The van der Waals surface area contributed by atoms with Gasteiger partial charge in [-0.2, -0.15) is 0 Å². The van der Waals surface area contributed by atoms with E-state index in [1.54, 1.807) is 24.3 Å². The number of carbonyl (C=O) groups excluding carboxylic acids is 2. The van der Waals surface area contributed by atoms with Crippen LogP contribution >= 0.6 is 0 Å². The Balaban J connectivity index is 1.31. The predicted octanol–water partition coefficient (Wildman–Crippen LogP) is 3.28. The van der Waals surface area contributed by atoms with Crippen LogP contribution in [0.3, 0.4) is 0 Å². The highest BCUT2D eigenvalue weighted by molar-refractivity contribution is 5.98. The second-order valence-electron chi connectivity index (χ2n) is 6.49. The van der Waals surface area contributed by atoms with Gasteiger partial charge in [-0.25, -0.2) is 4.98 Å². The molecular formula is C23H18N4O3. The quantitative estimate of drug-likeness (QED) is 0.503. The van der Waals surface area contributed by atoms with Gasteiger partial charge in [0.1, 0.15) is 18.1 Å². The zero-order valence-electron chi connectivity index (χ0n) is 15.9. The monoisotopic (exact) mass is 398 g/mol. The normalized spacial score (nSPS) is 10.4. The number of benzene rings is 3. The molecule has 148 valence electrons. The van der Waals surface area contributed by atoms with Gasteiger partial charge >= 0.3 is 0 Å². The standard InChI is InChI=1S/C23H18N4O3/c28-22(26-27-23(29)21-14-24-11-12-25-21)18-7-5-16(6-8-18)15-30-20-10-9-17-3-1-2-4-19(17)13-20/h1-14H,15H2,(H,26,28)(H,27,29). The Morgan fingerprint density at radius 2 is 1.60 bits per heavy atom. The molecule has 4 rings (SSSR count). The second kappa shape index (κ2) is 8.83. The smallest absolute Gasteiger partial charge is 0.289 e. The lowest BCUT2D eigenvalue weighted by Crippen LogP contribution is -2.41. The number of rotatable bonds is 5. The zero-order valence-corrected chi connectivity index (χ0v) is 15.9. The number of hydrogen-bond donors (Lipinski definition) is 2. The highest BCUT2D eigenvalue weighted by Crippen LogP contribution is 2.21. The molecule has 0 aliphatic heterocycles. The Bertz CT molecular complexity index is 1180. The SMILES string of the molecule is O=C(NNC(=O)c1cnccn1)c1ccc(COc2ccc3ccccc3c2)cc1. The van der Waals surface area contributed by atoms with E-state index in [2.05, 4.69) is 26.9 Å². The van der Waals surface area contributed by atoms with Gasteiger partial charge in [0, 0.05) is 18.0 Å². The molecule has 0 saturated heterocycles. The number of amides is 2. The van der Waals surface area contributed by atoms with Crippen LogP contribution in [0.1, 0.15) is 26.4 Å². The van der Waals surface area contributed by atoms with E-state index in [1.165, 1.54) is 18.6 Å². The Labute approximate surface area is 172 Å². The van der Waals surface area contributed by atoms with E-state index in [-0.39, 0.29) is 5.69 Å². The van der Waals surface area contributed by atoms with Crippen LogP contribution in [0.2, 0.25) is 0 Å². The fourth-order valence-corrected chi connectivity index (χ4v) is 2.84. The second-order valence-corrected chi connectivity index (χ2v) is 6.49. The molecule has 0 aliphatic rings. The third kappa shape index (κ3) is 4.59. The van der Waals surface area contributed by atoms with Gasteiger partial charge in [-0.05, 0) is 40.6 Å². The molecule has 0 fully saturated rings. The molecule has 0 radical (unpaired) electrons. The average Bonchev–Trinajstić information content (AvgIpc) is 2.81. The fraction of sp³-hybridized carbons (Fsp3) is 0.0435. The first-order valence-electron chi connectivity index (χ1n) is 9.26. The molecule has 1 heterocycles. The van der Waals surface area contributed by atoms with E-state index in [1.807, 2.05) is 36.4 Å². The first-order valence-corrected chi connectivity index (χ1v) is 9.26. The number of nitrogens with one attached hydrogen (secondary N) is 2. The zero-order chi connectivity index (χ0) is 20.8. The Hall–Kier alpha value is -4.26. The van der Waals surface area contributed by atoms with Crippen LogP contribution in [-0.2, 0) is 6.61 Å². The summed E-state index contributed by atoms with van der Waals surface area (Å²) in [5.74, 6) is -0.201. The third-order valence-corrected chi connectivity index (χ3v) is 4.43. The summed E-state index contributed by atoms with van der Waals surface area (Å²) in [6.45, 7) is 0.379. The molecule has 1 aromatic heterocycles. The van der Waals surface area contributed by atoms with Crippen LogP contribution in [0, 0.1) is 0 Å². The van der Waals surface area contributed by atoms with Gasteiger partial charge in [0.2, 0.25) is 0 Å². The first-order chi connectivity index (χ1) is 14.7. The number of ether oxygens (including phenoxy) is 1. The van der Waals surface area contributed by atoms with Crippen molar-refractivity contribution in [3.05, 3.63) is 102 Å². The van der Waals surface area contributed by atoms with Gasteiger partial charge in [-0.15, -0.1) is 0 Å². The Kier molecular flexibility index (Phi) is 5.61. The molecule has 2 amide bonds. The summed E-state index contributed by atoms with van der Waals surface area (Å²) in [4.78, 5) is 31.8. The van der Waals surface area contributed by atoms with Gasteiger partial charge in [-0.3, -0.25) is 25.4 Å². The van der Waals surface area contributed by atoms with Crippen molar-refractivity contribution in [2.24, 2.45) is 0 Å². The maximum absolute atomic E-state index is 12.2. The highest BCUT2D eigenvalue weighted by atomic mass is 16.5. The number of nitrogens with zero attached hydrogens (tertiary/aromatic N) is 2. The van der Waals surface area contributed by atoms with Crippen LogP contribution in [0.5, 0.6) is 5.75 Å². The van der Waals surface area contributed by atoms with Crippen LogP contribution in [0.4, 0.5) is 0 Å². The highest BCUT2D eigenvalue weighted by Gasteiger charge is 2.10. The summed E-state index contributed by atoms with van der Waals surface area (Å²) in [5.41, 5.74) is 6.10. The van der Waals surface area contributed by atoms with E-state index >= 15 is 0 Å². The van der Waals surface area contributed by atoms with Crippen molar-refractivity contribution in [3.8, 4) is 5.75 Å². The van der Waals surface area contributed by atoms with Crippen LogP contribution in [0.25, 0.3) is 10.8 Å². The average molecular weight is 398 g/mol. The molecular weight excluding hydrogens is 380 g/mol. The lowest BCUT2D eigenvalue weighted by atomic mass is 10.1. The molecule has 4 aromatic rings. The first kappa shape index (κ1) is 19.1. The van der Waals surface area contributed by atoms with Crippen molar-refractivity contribution in [2.75, 3.05) is 0 Å². The number of hydrazine groups is 1. The van der Waals surface area contributed by atoms with Gasteiger partial charge in [-0.1, -0.05) is 42.5 Å². The topological polar surface area (TPSA) is 93.2 Å². The summed E-state index contributed by atoms with van der Waals surface area (Å²) in [6.07, 6.45) is 4.17. The minimum absolute atomic E-state index is 0.110.